The maximum Gasteiger partial charge on any atom is 0.269 e. The summed E-state index contributed by atoms with van der Waals surface area (Å²) >= 11 is 1.28. The molecule has 1 saturated carbocycles. The van der Waals surface area contributed by atoms with E-state index in [0.29, 0.717) is 11.1 Å². The lowest BCUT2D eigenvalue weighted by atomic mass is 9.85. The molecule has 8 nitrogen and oxygen atoms in total. The Labute approximate surface area is 207 Å². The molecule has 0 unspecified atom stereocenters. The molecule has 2 N–H and O–H groups in total. The van der Waals surface area contributed by atoms with Gasteiger partial charge in [-0.25, -0.2) is 4.39 Å². The molecule has 1 aromatic heterocycles. The van der Waals surface area contributed by atoms with Crippen LogP contribution in [0, 0.1) is 11.7 Å². The number of hydrogen-bond acceptors (Lipinski definition) is 6. The molecule has 2 amide bonds. The number of hydrazine groups is 1. The number of hydrogen-bond donors (Lipinski definition) is 2. The van der Waals surface area contributed by atoms with Crippen molar-refractivity contribution >= 4 is 23.6 Å². The molecule has 0 saturated heterocycles. The maximum atomic E-state index is 13.0. The van der Waals surface area contributed by atoms with Gasteiger partial charge in [-0.1, -0.05) is 31.5 Å². The van der Waals surface area contributed by atoms with E-state index in [1.165, 1.54) is 42.4 Å². The van der Waals surface area contributed by atoms with Crippen LogP contribution in [0.4, 0.5) is 4.39 Å². The molecule has 35 heavy (non-hydrogen) atoms. The highest BCUT2D eigenvalue weighted by molar-refractivity contribution is 7.99. The third-order valence-corrected chi connectivity index (χ3v) is 7.11. The number of benzene rings is 2. The third kappa shape index (κ3) is 6.00. The van der Waals surface area contributed by atoms with Crippen molar-refractivity contribution in [1.82, 2.24) is 25.6 Å². The number of methoxy groups -OCH3 is 1. The average Bonchev–Trinajstić information content (AvgIpc) is 3.30. The summed E-state index contributed by atoms with van der Waals surface area (Å²) in [5.74, 6) is 0.684. The van der Waals surface area contributed by atoms with Crippen LogP contribution < -0.4 is 15.6 Å². The summed E-state index contributed by atoms with van der Waals surface area (Å²) in [6, 6.07) is 13.0. The molecule has 0 bridgehead atoms. The Kier molecular flexibility index (Phi) is 8.02. The highest BCUT2D eigenvalue weighted by Gasteiger charge is 2.29. The highest BCUT2D eigenvalue weighted by atomic mass is 32.2. The standard InChI is InChI=1S/C25H28FN5O3S/c1-16-5-3-4-6-21(16)31-23(17-9-13-20(34-2)14-10-17)28-30-25(31)35-15-22(32)27-29-24(33)18-7-11-19(26)12-8-18/h7-14,16,21H,3-6,15H2,1-2H3,(H,27,32)(H,29,33)/t16-,21+/m0/s1. The van der Waals surface area contributed by atoms with Gasteiger partial charge >= 0.3 is 0 Å². The minimum absolute atomic E-state index is 0.0472. The molecule has 1 fully saturated rings. The van der Waals surface area contributed by atoms with Crippen molar-refractivity contribution in [3.8, 4) is 17.1 Å². The number of amides is 2. The Morgan fingerprint density at radius 2 is 1.77 bits per heavy atom. The van der Waals surface area contributed by atoms with E-state index in [2.05, 4.69) is 32.5 Å². The smallest absolute Gasteiger partial charge is 0.269 e. The zero-order valence-electron chi connectivity index (χ0n) is 19.7. The number of thioether (sulfide) groups is 1. The Bertz CT molecular complexity index is 1170. The maximum absolute atomic E-state index is 13.0. The topological polar surface area (TPSA) is 98.1 Å². The lowest BCUT2D eigenvalue weighted by molar-refractivity contribution is -0.119. The Morgan fingerprint density at radius 1 is 1.06 bits per heavy atom. The minimum atomic E-state index is -0.524. The van der Waals surface area contributed by atoms with Crippen molar-refractivity contribution in [2.75, 3.05) is 12.9 Å². The zero-order chi connectivity index (χ0) is 24.8. The highest BCUT2D eigenvalue weighted by Crippen LogP contribution is 2.39. The lowest BCUT2D eigenvalue weighted by Crippen LogP contribution is -2.42. The van der Waals surface area contributed by atoms with E-state index in [0.717, 1.165) is 36.4 Å². The quantitative estimate of drug-likeness (QED) is 0.371. The molecular formula is C25H28FN5O3S. The van der Waals surface area contributed by atoms with Gasteiger partial charge in [-0.15, -0.1) is 10.2 Å². The van der Waals surface area contributed by atoms with Gasteiger partial charge in [0.25, 0.3) is 5.91 Å². The molecule has 2 aromatic carbocycles. The molecule has 0 aliphatic heterocycles. The zero-order valence-corrected chi connectivity index (χ0v) is 20.5. The Morgan fingerprint density at radius 3 is 2.46 bits per heavy atom. The second kappa shape index (κ2) is 11.4. The molecule has 1 aliphatic carbocycles. The summed E-state index contributed by atoms with van der Waals surface area (Å²) in [6.45, 7) is 2.24. The van der Waals surface area contributed by atoms with Crippen LogP contribution in [0.25, 0.3) is 11.4 Å². The number of nitrogens with zero attached hydrogens (tertiary/aromatic N) is 3. The number of rotatable bonds is 7. The van der Waals surface area contributed by atoms with Crippen LogP contribution in [-0.4, -0.2) is 39.4 Å². The minimum Gasteiger partial charge on any atom is -0.497 e. The van der Waals surface area contributed by atoms with Crippen LogP contribution in [0.15, 0.2) is 53.7 Å². The molecule has 0 radical (unpaired) electrons. The van der Waals surface area contributed by atoms with Gasteiger partial charge in [0.15, 0.2) is 11.0 Å². The molecule has 184 valence electrons. The van der Waals surface area contributed by atoms with E-state index < -0.39 is 11.7 Å². The van der Waals surface area contributed by atoms with E-state index in [9.17, 15) is 14.0 Å². The summed E-state index contributed by atoms with van der Waals surface area (Å²) in [7, 11) is 1.63. The first-order valence-electron chi connectivity index (χ1n) is 11.5. The molecule has 0 spiro atoms. The normalized spacial score (nSPS) is 17.6. The SMILES string of the molecule is COc1ccc(-c2nnc(SCC(=O)NNC(=O)c3ccc(F)cc3)n2[C@@H]2CCCC[C@@H]2C)cc1. The van der Waals surface area contributed by atoms with E-state index in [1.807, 2.05) is 24.3 Å². The first-order chi connectivity index (χ1) is 17.0. The molecule has 10 heteroatoms. The van der Waals surface area contributed by atoms with Crippen LogP contribution in [0.5, 0.6) is 5.75 Å². The lowest BCUT2D eigenvalue weighted by Gasteiger charge is -2.31. The van der Waals surface area contributed by atoms with Gasteiger partial charge in [-0.3, -0.25) is 25.0 Å². The number of halogens is 1. The van der Waals surface area contributed by atoms with Crippen molar-refractivity contribution in [2.24, 2.45) is 5.92 Å². The fourth-order valence-corrected chi connectivity index (χ4v) is 5.05. The van der Waals surface area contributed by atoms with Crippen molar-refractivity contribution in [2.45, 2.75) is 43.8 Å². The molecule has 3 aromatic rings. The van der Waals surface area contributed by atoms with Crippen molar-refractivity contribution in [3.63, 3.8) is 0 Å². The van der Waals surface area contributed by atoms with Crippen molar-refractivity contribution < 1.29 is 18.7 Å². The van der Waals surface area contributed by atoms with Crippen LogP contribution in [0.3, 0.4) is 0 Å². The third-order valence-electron chi connectivity index (χ3n) is 6.16. The van der Waals surface area contributed by atoms with E-state index >= 15 is 0 Å². The van der Waals surface area contributed by atoms with Crippen LogP contribution in [0.1, 0.15) is 49.0 Å². The van der Waals surface area contributed by atoms with Crippen LogP contribution >= 0.6 is 11.8 Å². The predicted octanol–water partition coefficient (Wildman–Crippen LogP) is 4.40. The molecule has 2 atom stereocenters. The first kappa shape index (κ1) is 24.7. The van der Waals surface area contributed by atoms with Gasteiger partial charge in [0.05, 0.1) is 12.9 Å². The fourth-order valence-electron chi connectivity index (χ4n) is 4.26. The second-order valence-corrected chi connectivity index (χ2v) is 9.47. The summed E-state index contributed by atoms with van der Waals surface area (Å²) in [4.78, 5) is 24.6. The number of carbonyl (C=O) groups is 2. The van der Waals surface area contributed by atoms with Crippen LogP contribution in [-0.2, 0) is 4.79 Å². The monoisotopic (exact) mass is 497 g/mol. The summed E-state index contributed by atoms with van der Waals surface area (Å²) < 4.78 is 20.5. The van der Waals surface area contributed by atoms with E-state index in [4.69, 9.17) is 4.74 Å². The molecular weight excluding hydrogens is 469 g/mol. The van der Waals surface area contributed by atoms with Gasteiger partial charge in [0, 0.05) is 17.2 Å². The number of nitrogens with one attached hydrogen (secondary N) is 2. The van der Waals surface area contributed by atoms with Gasteiger partial charge in [0.2, 0.25) is 5.91 Å². The van der Waals surface area contributed by atoms with Gasteiger partial charge in [-0.2, -0.15) is 0 Å². The van der Waals surface area contributed by atoms with Gasteiger partial charge < -0.3 is 4.74 Å². The predicted molar refractivity (Wildman–Crippen MR) is 131 cm³/mol. The summed E-state index contributed by atoms with van der Waals surface area (Å²) in [5.41, 5.74) is 5.93. The van der Waals surface area contributed by atoms with Crippen LogP contribution in [0.2, 0.25) is 0 Å². The number of ether oxygens (including phenoxy) is 1. The average molecular weight is 498 g/mol. The van der Waals surface area contributed by atoms with E-state index in [-0.39, 0.29) is 23.3 Å². The van der Waals surface area contributed by atoms with Crippen molar-refractivity contribution in [1.29, 1.82) is 0 Å². The molecule has 1 heterocycles. The molecule has 1 aliphatic rings. The number of aromatic nitrogens is 3. The largest absolute Gasteiger partial charge is 0.497 e. The first-order valence-corrected chi connectivity index (χ1v) is 12.5. The second-order valence-electron chi connectivity index (χ2n) is 8.53. The Hall–Kier alpha value is -3.40. The van der Waals surface area contributed by atoms with Gasteiger partial charge in [-0.05, 0) is 67.3 Å². The molecule has 4 rings (SSSR count). The number of carbonyl (C=O) groups excluding carboxylic acids is 2. The van der Waals surface area contributed by atoms with Crippen molar-refractivity contribution in [3.05, 3.63) is 59.9 Å². The Balaban J connectivity index is 1.46. The summed E-state index contributed by atoms with van der Waals surface area (Å²) in [5, 5.41) is 9.54. The summed E-state index contributed by atoms with van der Waals surface area (Å²) in [6.07, 6.45) is 4.49. The van der Waals surface area contributed by atoms with E-state index in [1.54, 1.807) is 7.11 Å². The van der Waals surface area contributed by atoms with Gasteiger partial charge in [0.1, 0.15) is 11.6 Å². The fraction of sp³-hybridized carbons (Fsp3) is 0.360.